The van der Waals surface area contributed by atoms with Crippen LogP contribution in [0.5, 0.6) is 5.75 Å². The molecule has 5 nitrogen and oxygen atoms in total. The van der Waals surface area contributed by atoms with Crippen LogP contribution in [0.2, 0.25) is 0 Å². The summed E-state index contributed by atoms with van der Waals surface area (Å²) < 4.78 is 5.50. The third-order valence-electron chi connectivity index (χ3n) is 3.14. The Bertz CT molecular complexity index is 718. The second-order valence-corrected chi connectivity index (χ2v) is 4.58. The smallest absolute Gasteiger partial charge is 0.138 e. The lowest BCUT2D eigenvalue weighted by atomic mass is 10.1. The zero-order valence-electron chi connectivity index (χ0n) is 11.3. The lowest BCUT2D eigenvalue weighted by Crippen LogP contribution is -1.94. The number of nitrogens with two attached hydrogens (primary N) is 1. The maximum Gasteiger partial charge on any atom is 0.138 e. The summed E-state index contributed by atoms with van der Waals surface area (Å²) in [5, 5.41) is 1.08. The van der Waals surface area contributed by atoms with Gasteiger partial charge in [0, 0.05) is 24.2 Å². The molecule has 3 rings (SSSR count). The minimum atomic E-state index is 0.535. The van der Waals surface area contributed by atoms with Crippen LogP contribution in [0.3, 0.4) is 0 Å². The molecular formula is C15H16N4O. The lowest BCUT2D eigenvalue weighted by Gasteiger charge is -2.03. The fraction of sp³-hybridized carbons (Fsp3) is 0.200. The van der Waals surface area contributed by atoms with E-state index < -0.39 is 0 Å². The highest BCUT2D eigenvalue weighted by Gasteiger charge is 2.07. The molecule has 0 amide bonds. The van der Waals surface area contributed by atoms with Crippen LogP contribution >= 0.6 is 0 Å². The number of pyridine rings is 2. The van der Waals surface area contributed by atoms with E-state index in [0.717, 1.165) is 28.8 Å². The number of H-pyrrole nitrogens is 1. The molecule has 0 radical (unpaired) electrons. The summed E-state index contributed by atoms with van der Waals surface area (Å²) in [4.78, 5) is 11.7. The van der Waals surface area contributed by atoms with Crippen LogP contribution in [0.1, 0.15) is 18.1 Å². The number of nitrogen functional groups attached to an aromatic ring is 1. The molecule has 3 aromatic heterocycles. The second kappa shape index (κ2) is 5.21. The van der Waals surface area contributed by atoms with Crippen LogP contribution < -0.4 is 10.5 Å². The van der Waals surface area contributed by atoms with Gasteiger partial charge in [-0.25, -0.2) is 9.97 Å². The molecule has 3 N–H and O–H groups in total. The molecule has 0 bridgehead atoms. The Balaban J connectivity index is 1.94. The van der Waals surface area contributed by atoms with Gasteiger partial charge in [0.15, 0.2) is 0 Å². The molecule has 3 heterocycles. The van der Waals surface area contributed by atoms with Gasteiger partial charge in [0.05, 0.1) is 12.8 Å². The monoisotopic (exact) mass is 268 g/mol. The van der Waals surface area contributed by atoms with E-state index in [0.29, 0.717) is 12.4 Å². The van der Waals surface area contributed by atoms with Crippen molar-refractivity contribution in [1.82, 2.24) is 15.0 Å². The van der Waals surface area contributed by atoms with Crippen molar-refractivity contribution in [1.29, 1.82) is 0 Å². The van der Waals surface area contributed by atoms with Crippen molar-refractivity contribution in [3.63, 3.8) is 0 Å². The minimum absolute atomic E-state index is 0.535. The standard InChI is InChI=1S/C15H16N4O/c1-2-20-12-6-13-11(8-18-15(13)19-9-12)5-10-3-4-14(16)17-7-10/h3-4,6-9H,2,5H2,1H3,(H2,16,17)(H,18,19). The first-order valence-corrected chi connectivity index (χ1v) is 6.55. The van der Waals surface area contributed by atoms with Gasteiger partial charge < -0.3 is 15.5 Å². The van der Waals surface area contributed by atoms with E-state index in [-0.39, 0.29) is 0 Å². The Kier molecular flexibility index (Phi) is 3.25. The number of aromatic amines is 1. The first-order chi connectivity index (χ1) is 9.76. The third-order valence-corrected chi connectivity index (χ3v) is 3.14. The number of hydrogen-bond donors (Lipinski definition) is 2. The highest BCUT2D eigenvalue weighted by molar-refractivity contribution is 5.81. The topological polar surface area (TPSA) is 76.8 Å². The van der Waals surface area contributed by atoms with Crippen LogP contribution in [0.4, 0.5) is 5.82 Å². The Hall–Kier alpha value is -2.56. The van der Waals surface area contributed by atoms with E-state index in [9.17, 15) is 0 Å². The van der Waals surface area contributed by atoms with Gasteiger partial charge in [0.2, 0.25) is 0 Å². The van der Waals surface area contributed by atoms with Crippen LogP contribution in [0.15, 0.2) is 36.8 Å². The zero-order valence-corrected chi connectivity index (χ0v) is 11.3. The number of aromatic nitrogens is 3. The molecule has 0 aliphatic rings. The molecule has 0 atom stereocenters. The van der Waals surface area contributed by atoms with Gasteiger partial charge in [-0.2, -0.15) is 0 Å². The summed E-state index contributed by atoms with van der Waals surface area (Å²) in [6.07, 6.45) is 6.29. The number of nitrogens with zero attached hydrogens (tertiary/aromatic N) is 2. The maximum atomic E-state index is 5.60. The van der Waals surface area contributed by atoms with Gasteiger partial charge in [-0.3, -0.25) is 0 Å². The summed E-state index contributed by atoms with van der Waals surface area (Å²) in [5.41, 5.74) is 8.75. The van der Waals surface area contributed by atoms with E-state index >= 15 is 0 Å². The van der Waals surface area contributed by atoms with Crippen molar-refractivity contribution in [2.75, 3.05) is 12.3 Å². The summed E-state index contributed by atoms with van der Waals surface area (Å²) in [7, 11) is 0. The minimum Gasteiger partial charge on any atom is -0.492 e. The molecule has 0 fully saturated rings. The number of hydrogen-bond acceptors (Lipinski definition) is 4. The van der Waals surface area contributed by atoms with Crippen LogP contribution in [-0.2, 0) is 6.42 Å². The van der Waals surface area contributed by atoms with Crippen molar-refractivity contribution in [3.05, 3.63) is 47.9 Å². The van der Waals surface area contributed by atoms with Gasteiger partial charge in [-0.05, 0) is 30.2 Å². The van der Waals surface area contributed by atoms with Crippen molar-refractivity contribution in [2.24, 2.45) is 0 Å². The van der Waals surface area contributed by atoms with Gasteiger partial charge in [0.1, 0.15) is 17.2 Å². The highest BCUT2D eigenvalue weighted by atomic mass is 16.5. The maximum absolute atomic E-state index is 5.60. The molecule has 0 saturated carbocycles. The normalized spacial score (nSPS) is 10.8. The largest absolute Gasteiger partial charge is 0.492 e. The quantitative estimate of drug-likeness (QED) is 0.762. The molecule has 0 spiro atoms. The fourth-order valence-corrected chi connectivity index (χ4v) is 2.19. The van der Waals surface area contributed by atoms with E-state index in [1.807, 2.05) is 31.3 Å². The SMILES string of the molecule is CCOc1cnc2[nH]cc(Cc3ccc(N)nc3)c2c1. The molecular weight excluding hydrogens is 252 g/mol. The Labute approximate surface area is 116 Å². The molecule has 0 aliphatic carbocycles. The molecule has 0 saturated heterocycles. The Morgan fingerprint density at radius 2 is 2.15 bits per heavy atom. The molecule has 5 heteroatoms. The predicted molar refractivity (Wildman–Crippen MR) is 78.7 cm³/mol. The van der Waals surface area contributed by atoms with Gasteiger partial charge >= 0.3 is 0 Å². The zero-order chi connectivity index (χ0) is 13.9. The van der Waals surface area contributed by atoms with Gasteiger partial charge in [-0.15, -0.1) is 0 Å². The van der Waals surface area contributed by atoms with Crippen molar-refractivity contribution < 1.29 is 4.74 Å². The summed E-state index contributed by atoms with van der Waals surface area (Å²) in [6.45, 7) is 2.59. The highest BCUT2D eigenvalue weighted by Crippen LogP contribution is 2.23. The van der Waals surface area contributed by atoms with Gasteiger partial charge in [0.25, 0.3) is 0 Å². The summed E-state index contributed by atoms with van der Waals surface area (Å²) >= 11 is 0. The Morgan fingerprint density at radius 1 is 1.25 bits per heavy atom. The first-order valence-electron chi connectivity index (χ1n) is 6.55. The number of anilines is 1. The Morgan fingerprint density at radius 3 is 2.90 bits per heavy atom. The average molecular weight is 268 g/mol. The molecule has 102 valence electrons. The van der Waals surface area contributed by atoms with Crippen LogP contribution in [-0.4, -0.2) is 21.6 Å². The first kappa shape index (κ1) is 12.5. The van der Waals surface area contributed by atoms with E-state index in [2.05, 4.69) is 15.0 Å². The molecule has 0 aromatic carbocycles. The number of ether oxygens (including phenoxy) is 1. The number of rotatable bonds is 4. The molecule has 0 unspecified atom stereocenters. The number of nitrogens with one attached hydrogen (secondary N) is 1. The average Bonchev–Trinajstić information content (AvgIpc) is 2.85. The van der Waals surface area contributed by atoms with Crippen molar-refractivity contribution >= 4 is 16.9 Å². The van der Waals surface area contributed by atoms with Crippen molar-refractivity contribution in [3.8, 4) is 5.75 Å². The predicted octanol–water partition coefficient (Wildman–Crippen LogP) is 2.53. The van der Waals surface area contributed by atoms with Crippen molar-refractivity contribution in [2.45, 2.75) is 13.3 Å². The summed E-state index contributed by atoms with van der Waals surface area (Å²) in [6, 6.07) is 5.82. The third kappa shape index (κ3) is 2.42. The van der Waals surface area contributed by atoms with Crippen LogP contribution in [0, 0.1) is 0 Å². The van der Waals surface area contributed by atoms with E-state index in [1.165, 1.54) is 5.56 Å². The molecule has 0 aliphatic heterocycles. The fourth-order valence-electron chi connectivity index (χ4n) is 2.19. The van der Waals surface area contributed by atoms with Crippen LogP contribution in [0.25, 0.3) is 11.0 Å². The summed E-state index contributed by atoms with van der Waals surface area (Å²) in [5.74, 6) is 1.32. The van der Waals surface area contributed by atoms with E-state index in [4.69, 9.17) is 10.5 Å². The molecule has 20 heavy (non-hydrogen) atoms. The van der Waals surface area contributed by atoms with E-state index in [1.54, 1.807) is 12.4 Å². The lowest BCUT2D eigenvalue weighted by molar-refractivity contribution is 0.339. The molecule has 3 aromatic rings. The number of fused-ring (bicyclic) bond motifs is 1. The van der Waals surface area contributed by atoms with Gasteiger partial charge in [-0.1, -0.05) is 6.07 Å². The second-order valence-electron chi connectivity index (χ2n) is 4.58.